The highest BCUT2D eigenvalue weighted by Gasteiger charge is 2.34. The molecule has 0 unspecified atom stereocenters. The number of aromatic hydroxyl groups is 1. The van der Waals surface area contributed by atoms with Crippen LogP contribution in [0, 0.1) is 17.7 Å². The Kier molecular flexibility index (Phi) is 8.25. The molecule has 1 aliphatic carbocycles. The zero-order chi connectivity index (χ0) is 24.0. The van der Waals surface area contributed by atoms with Gasteiger partial charge in [0.05, 0.1) is 13.0 Å². The van der Waals surface area contributed by atoms with E-state index >= 15 is 0 Å². The maximum Gasteiger partial charge on any atom is 0.309 e. The van der Waals surface area contributed by atoms with Crippen LogP contribution in [0.2, 0.25) is 0 Å². The van der Waals surface area contributed by atoms with Gasteiger partial charge in [0.1, 0.15) is 23.8 Å². The van der Waals surface area contributed by atoms with E-state index in [1.807, 2.05) is 0 Å². The fourth-order valence-electron chi connectivity index (χ4n) is 4.19. The van der Waals surface area contributed by atoms with Gasteiger partial charge in [0.15, 0.2) is 23.0 Å². The average molecular weight is 460 g/mol. The molecule has 1 aromatic carbocycles. The van der Waals surface area contributed by atoms with E-state index in [9.17, 15) is 19.1 Å². The predicted octanol–water partition coefficient (Wildman–Crippen LogP) is 4.71. The van der Waals surface area contributed by atoms with E-state index in [-0.39, 0.29) is 29.5 Å². The second-order valence-corrected chi connectivity index (χ2v) is 8.47. The molecule has 1 saturated carbocycles. The summed E-state index contributed by atoms with van der Waals surface area (Å²) in [6, 6.07) is 7.34. The normalized spacial score (nSPS) is 16.6. The Morgan fingerprint density at radius 3 is 2.61 bits per heavy atom. The zero-order valence-electron chi connectivity index (χ0n) is 19.1. The molecule has 0 radical (unpaired) electrons. The lowest BCUT2D eigenvalue weighted by molar-refractivity contribution is -0.158. The number of halogens is 1. The number of hydrogen-bond donors (Lipinski definition) is 1. The van der Waals surface area contributed by atoms with E-state index in [0.717, 1.165) is 25.7 Å². The van der Waals surface area contributed by atoms with Crippen LogP contribution >= 0.6 is 0 Å². The number of ether oxygens (including phenoxy) is 3. The highest BCUT2D eigenvalue weighted by molar-refractivity contribution is 5.99. The lowest BCUT2D eigenvalue weighted by atomic mass is 9.96. The number of aromatic nitrogens is 1. The standard InChI is InChI=1S/C25H30FNO6/c1-15(13-20(28)22-23(29)21(31-3)11-12-27-22)25(30)32-16(2)24(17-7-4-5-8-17)33-19-10-6-9-18(26)14-19/h6,9-12,14-17,24,29H,4-5,7-8,13H2,1-3H3/t15-,16+,24+/m1/s1. The quantitative estimate of drug-likeness (QED) is 0.406. The monoisotopic (exact) mass is 459 g/mol. The van der Waals surface area contributed by atoms with Crippen LogP contribution in [-0.2, 0) is 9.53 Å². The number of hydrogen-bond acceptors (Lipinski definition) is 7. The molecule has 3 rings (SSSR count). The van der Waals surface area contributed by atoms with Crippen molar-refractivity contribution < 1.29 is 33.3 Å². The van der Waals surface area contributed by atoms with Crippen molar-refractivity contribution in [1.82, 2.24) is 4.98 Å². The van der Waals surface area contributed by atoms with Gasteiger partial charge in [0, 0.05) is 24.8 Å². The van der Waals surface area contributed by atoms with E-state index < -0.39 is 35.7 Å². The number of esters is 1. The van der Waals surface area contributed by atoms with Crippen molar-refractivity contribution in [3.63, 3.8) is 0 Å². The van der Waals surface area contributed by atoms with Gasteiger partial charge in [0.2, 0.25) is 0 Å². The molecule has 33 heavy (non-hydrogen) atoms. The van der Waals surface area contributed by atoms with Crippen LogP contribution in [0.1, 0.15) is 56.4 Å². The molecule has 178 valence electrons. The molecule has 0 bridgehead atoms. The summed E-state index contributed by atoms with van der Waals surface area (Å²) in [5.41, 5.74) is -0.152. The van der Waals surface area contributed by atoms with Gasteiger partial charge in [-0.15, -0.1) is 0 Å². The molecular formula is C25H30FNO6. The molecule has 0 saturated heterocycles. The van der Waals surface area contributed by atoms with Gasteiger partial charge in [-0.3, -0.25) is 9.59 Å². The lowest BCUT2D eigenvalue weighted by Crippen LogP contribution is -2.40. The second kappa shape index (κ2) is 11.1. The van der Waals surface area contributed by atoms with Crippen molar-refractivity contribution in [2.45, 2.75) is 58.2 Å². The summed E-state index contributed by atoms with van der Waals surface area (Å²) in [7, 11) is 1.37. The number of ketones is 1. The van der Waals surface area contributed by atoms with Crippen LogP contribution < -0.4 is 9.47 Å². The summed E-state index contributed by atoms with van der Waals surface area (Å²) in [6.45, 7) is 3.34. The van der Waals surface area contributed by atoms with E-state index in [1.165, 1.54) is 31.5 Å². The zero-order valence-corrected chi connectivity index (χ0v) is 19.1. The van der Waals surface area contributed by atoms with Crippen molar-refractivity contribution >= 4 is 11.8 Å². The first kappa shape index (κ1) is 24.5. The van der Waals surface area contributed by atoms with Crippen molar-refractivity contribution in [3.05, 3.63) is 48.0 Å². The Labute approximate surface area is 192 Å². The van der Waals surface area contributed by atoms with Gasteiger partial charge >= 0.3 is 5.97 Å². The van der Waals surface area contributed by atoms with Crippen LogP contribution in [0.5, 0.6) is 17.2 Å². The molecule has 7 nitrogen and oxygen atoms in total. The maximum absolute atomic E-state index is 13.6. The van der Waals surface area contributed by atoms with E-state index in [2.05, 4.69) is 4.98 Å². The van der Waals surface area contributed by atoms with Gasteiger partial charge in [-0.25, -0.2) is 9.37 Å². The van der Waals surface area contributed by atoms with E-state index in [4.69, 9.17) is 14.2 Å². The van der Waals surface area contributed by atoms with Crippen LogP contribution in [-0.4, -0.2) is 41.2 Å². The molecule has 0 amide bonds. The number of benzene rings is 1. The second-order valence-electron chi connectivity index (χ2n) is 8.47. The molecule has 0 spiro atoms. The maximum atomic E-state index is 13.6. The molecule has 1 aromatic heterocycles. The Morgan fingerprint density at radius 2 is 1.94 bits per heavy atom. The summed E-state index contributed by atoms with van der Waals surface area (Å²) < 4.78 is 30.4. The molecule has 1 aliphatic rings. The molecule has 3 atom stereocenters. The molecule has 1 heterocycles. The number of nitrogens with zero attached hydrogens (tertiary/aromatic N) is 1. The molecule has 8 heteroatoms. The minimum absolute atomic E-state index is 0.131. The lowest BCUT2D eigenvalue weighted by Gasteiger charge is -2.30. The number of rotatable bonds is 10. The van der Waals surface area contributed by atoms with Crippen LogP contribution in [0.4, 0.5) is 4.39 Å². The largest absolute Gasteiger partial charge is 0.503 e. The number of carbonyl (C=O) groups is 2. The molecular weight excluding hydrogens is 429 g/mol. The van der Waals surface area contributed by atoms with Gasteiger partial charge < -0.3 is 19.3 Å². The minimum Gasteiger partial charge on any atom is -0.503 e. The summed E-state index contributed by atoms with van der Waals surface area (Å²) in [5.74, 6) is -1.86. The first-order chi connectivity index (χ1) is 15.8. The van der Waals surface area contributed by atoms with E-state index in [0.29, 0.717) is 5.75 Å². The predicted molar refractivity (Wildman–Crippen MR) is 119 cm³/mol. The molecule has 0 aliphatic heterocycles. The smallest absolute Gasteiger partial charge is 0.309 e. The van der Waals surface area contributed by atoms with Gasteiger partial charge in [-0.2, -0.15) is 0 Å². The fourth-order valence-corrected chi connectivity index (χ4v) is 4.19. The SMILES string of the molecule is COc1ccnc(C(=O)C[C@@H](C)C(=O)O[C@@H](C)[C@H](Oc2cccc(F)c2)C2CCCC2)c1O. The highest BCUT2D eigenvalue weighted by Crippen LogP contribution is 2.33. The van der Waals surface area contributed by atoms with E-state index in [1.54, 1.807) is 26.0 Å². The summed E-state index contributed by atoms with van der Waals surface area (Å²) in [4.78, 5) is 29.3. The third kappa shape index (κ3) is 6.21. The van der Waals surface area contributed by atoms with Crippen molar-refractivity contribution in [1.29, 1.82) is 0 Å². The number of Topliss-reactive ketones (excluding diaryl/α,β-unsaturated/α-hetero) is 1. The molecule has 2 aromatic rings. The third-order valence-corrected chi connectivity index (χ3v) is 5.96. The van der Waals surface area contributed by atoms with Gasteiger partial charge in [0.25, 0.3) is 0 Å². The number of carbonyl (C=O) groups excluding carboxylic acids is 2. The van der Waals surface area contributed by atoms with Gasteiger partial charge in [-0.05, 0) is 37.8 Å². The summed E-state index contributed by atoms with van der Waals surface area (Å²) in [5, 5.41) is 10.1. The van der Waals surface area contributed by atoms with Crippen LogP contribution in [0.3, 0.4) is 0 Å². The summed E-state index contributed by atoms with van der Waals surface area (Å²) >= 11 is 0. The van der Waals surface area contributed by atoms with Gasteiger partial charge in [-0.1, -0.05) is 25.8 Å². The molecule has 1 N–H and O–H groups in total. The Bertz CT molecular complexity index is 975. The Morgan fingerprint density at radius 1 is 1.21 bits per heavy atom. The summed E-state index contributed by atoms with van der Waals surface area (Å²) in [6.07, 6.45) is 4.17. The topological polar surface area (TPSA) is 95.0 Å². The Balaban J connectivity index is 1.65. The van der Waals surface area contributed by atoms with Crippen LogP contribution in [0.15, 0.2) is 36.5 Å². The third-order valence-electron chi connectivity index (χ3n) is 5.96. The van der Waals surface area contributed by atoms with Crippen molar-refractivity contribution in [3.8, 4) is 17.2 Å². The Hall–Kier alpha value is -3.16. The molecule has 1 fully saturated rings. The average Bonchev–Trinajstić information content (AvgIpc) is 3.32. The van der Waals surface area contributed by atoms with Crippen molar-refractivity contribution in [2.75, 3.05) is 7.11 Å². The first-order valence-electron chi connectivity index (χ1n) is 11.2. The number of methoxy groups -OCH3 is 1. The van der Waals surface area contributed by atoms with Crippen molar-refractivity contribution in [2.24, 2.45) is 11.8 Å². The minimum atomic E-state index is -0.759. The fraction of sp³-hybridized carbons (Fsp3) is 0.480. The van der Waals surface area contributed by atoms with Crippen LogP contribution in [0.25, 0.3) is 0 Å². The number of pyridine rings is 1. The first-order valence-corrected chi connectivity index (χ1v) is 11.2. The highest BCUT2D eigenvalue weighted by atomic mass is 19.1.